The molecule has 0 aliphatic heterocycles. The number of thioether (sulfide) groups is 1. The van der Waals surface area contributed by atoms with Crippen molar-refractivity contribution in [2.75, 3.05) is 5.32 Å². The second-order valence-corrected chi connectivity index (χ2v) is 11.8. The Morgan fingerprint density at radius 2 is 1.95 bits per heavy atom. The van der Waals surface area contributed by atoms with Crippen molar-refractivity contribution in [2.24, 2.45) is 0 Å². The van der Waals surface area contributed by atoms with Crippen LogP contribution in [-0.2, 0) is 6.54 Å². The lowest BCUT2D eigenvalue weighted by Crippen LogP contribution is -2.08. The number of alkyl halides is 1. The molecule has 200 valence electrons. The summed E-state index contributed by atoms with van der Waals surface area (Å²) in [5, 5.41) is 10.4. The summed E-state index contributed by atoms with van der Waals surface area (Å²) in [6, 6.07) is 16.2. The van der Waals surface area contributed by atoms with E-state index in [9.17, 15) is 0 Å². The molecule has 2 aromatic heterocycles. The molecule has 0 bridgehead atoms. The van der Waals surface area contributed by atoms with E-state index in [0.717, 1.165) is 35.1 Å². The Balaban J connectivity index is 1.65. The third-order valence-corrected chi connectivity index (χ3v) is 8.30. The molecule has 0 radical (unpaired) electrons. The summed E-state index contributed by atoms with van der Waals surface area (Å²) in [6.45, 7) is 9.17. The molecule has 5 nitrogen and oxygen atoms in total. The molecule has 4 rings (SSSR count). The molecule has 2 aromatic carbocycles. The SMILES string of the molecule is C/C=C(/CCCC)c1cccc(C(Cl)Cn2ncc3c(Nc4cccc(Cl)c4)nc(SC(C)CC)nc32)c1. The number of nitrogens with one attached hydrogen (secondary N) is 1. The molecule has 0 saturated heterocycles. The maximum atomic E-state index is 7.00. The Kier molecular flexibility index (Phi) is 10.1. The maximum absolute atomic E-state index is 7.00. The zero-order valence-corrected chi connectivity index (χ0v) is 24.7. The zero-order valence-electron chi connectivity index (χ0n) is 22.4. The highest BCUT2D eigenvalue weighted by atomic mass is 35.5. The molecular formula is C30H35Cl2N5S. The van der Waals surface area contributed by atoms with Crippen molar-refractivity contribution >= 4 is 63.1 Å². The quantitative estimate of drug-likeness (QED) is 0.105. The maximum Gasteiger partial charge on any atom is 0.191 e. The fourth-order valence-corrected chi connectivity index (χ4v) is 5.46. The van der Waals surface area contributed by atoms with Gasteiger partial charge in [-0.05, 0) is 67.2 Å². The number of unbranched alkanes of at least 4 members (excludes halogenated alkanes) is 1. The molecule has 2 unspecified atom stereocenters. The summed E-state index contributed by atoms with van der Waals surface area (Å²) >= 11 is 14.9. The van der Waals surface area contributed by atoms with E-state index >= 15 is 0 Å². The summed E-state index contributed by atoms with van der Waals surface area (Å²) in [5.74, 6) is 0.705. The van der Waals surface area contributed by atoms with Crippen molar-refractivity contribution in [1.29, 1.82) is 0 Å². The largest absolute Gasteiger partial charge is 0.339 e. The molecule has 38 heavy (non-hydrogen) atoms. The molecule has 0 spiro atoms. The van der Waals surface area contributed by atoms with Crippen molar-refractivity contribution in [2.45, 2.75) is 75.7 Å². The number of nitrogens with zero attached hydrogens (tertiary/aromatic N) is 4. The molecule has 0 aliphatic carbocycles. The van der Waals surface area contributed by atoms with Gasteiger partial charge in [0.05, 0.1) is 23.5 Å². The monoisotopic (exact) mass is 567 g/mol. The molecule has 2 heterocycles. The van der Waals surface area contributed by atoms with Crippen LogP contribution in [-0.4, -0.2) is 25.0 Å². The summed E-state index contributed by atoms with van der Waals surface area (Å²) in [7, 11) is 0. The molecule has 0 fully saturated rings. The van der Waals surface area contributed by atoms with Gasteiger partial charge >= 0.3 is 0 Å². The van der Waals surface area contributed by atoms with E-state index in [1.165, 1.54) is 24.0 Å². The highest BCUT2D eigenvalue weighted by Gasteiger charge is 2.18. The van der Waals surface area contributed by atoms with Gasteiger partial charge in [-0.25, -0.2) is 14.6 Å². The van der Waals surface area contributed by atoms with Crippen LogP contribution in [0.3, 0.4) is 0 Å². The Hall–Kier alpha value is -2.54. The molecule has 1 N–H and O–H groups in total. The number of rotatable bonds is 12. The van der Waals surface area contributed by atoms with E-state index in [-0.39, 0.29) is 5.38 Å². The van der Waals surface area contributed by atoms with Gasteiger partial charge in [0.25, 0.3) is 0 Å². The van der Waals surface area contributed by atoms with Gasteiger partial charge in [0.1, 0.15) is 5.82 Å². The van der Waals surface area contributed by atoms with E-state index in [2.05, 4.69) is 68.5 Å². The fraction of sp³-hybridized carbons (Fsp3) is 0.367. The molecule has 0 saturated carbocycles. The van der Waals surface area contributed by atoms with Crippen molar-refractivity contribution in [3.8, 4) is 0 Å². The highest BCUT2D eigenvalue weighted by Crippen LogP contribution is 2.32. The number of halogens is 2. The van der Waals surface area contributed by atoms with Gasteiger partial charge in [-0.2, -0.15) is 5.10 Å². The number of aromatic nitrogens is 4. The third-order valence-electron chi connectivity index (χ3n) is 6.55. The molecule has 2 atom stereocenters. The van der Waals surface area contributed by atoms with Crippen molar-refractivity contribution in [3.05, 3.63) is 77.0 Å². The second-order valence-electron chi connectivity index (χ2n) is 9.40. The number of benzene rings is 2. The van der Waals surface area contributed by atoms with Gasteiger partial charge in [0.2, 0.25) is 0 Å². The van der Waals surface area contributed by atoms with Crippen LogP contribution in [0.2, 0.25) is 5.02 Å². The van der Waals surface area contributed by atoms with Gasteiger partial charge < -0.3 is 5.32 Å². The van der Waals surface area contributed by atoms with E-state index in [4.69, 9.17) is 33.2 Å². The minimum Gasteiger partial charge on any atom is -0.339 e. The summed E-state index contributed by atoms with van der Waals surface area (Å²) < 4.78 is 1.89. The predicted octanol–water partition coefficient (Wildman–Crippen LogP) is 9.69. The molecule has 4 aromatic rings. The van der Waals surface area contributed by atoms with Crippen LogP contribution in [0.4, 0.5) is 11.5 Å². The van der Waals surface area contributed by atoms with Gasteiger partial charge in [-0.15, -0.1) is 11.6 Å². The van der Waals surface area contributed by atoms with Crippen LogP contribution in [0.1, 0.15) is 69.9 Å². The number of anilines is 2. The lowest BCUT2D eigenvalue weighted by molar-refractivity contribution is 0.613. The Morgan fingerprint density at radius 1 is 1.13 bits per heavy atom. The van der Waals surface area contributed by atoms with Crippen LogP contribution in [0.25, 0.3) is 16.6 Å². The summed E-state index contributed by atoms with van der Waals surface area (Å²) in [5.41, 5.74) is 5.29. The van der Waals surface area contributed by atoms with Crippen LogP contribution < -0.4 is 5.32 Å². The van der Waals surface area contributed by atoms with E-state index in [0.29, 0.717) is 27.8 Å². The van der Waals surface area contributed by atoms with Gasteiger partial charge in [-0.3, -0.25) is 0 Å². The van der Waals surface area contributed by atoms with Crippen LogP contribution in [0.5, 0.6) is 0 Å². The van der Waals surface area contributed by atoms with Gasteiger partial charge in [0, 0.05) is 16.0 Å². The topological polar surface area (TPSA) is 55.6 Å². The number of fused-ring (bicyclic) bond motifs is 1. The predicted molar refractivity (Wildman–Crippen MR) is 164 cm³/mol. The van der Waals surface area contributed by atoms with Crippen molar-refractivity contribution in [3.63, 3.8) is 0 Å². The van der Waals surface area contributed by atoms with Gasteiger partial charge in [0.15, 0.2) is 10.8 Å². The molecule has 0 amide bonds. The standard InChI is InChI=1S/C30H35Cl2N5S/c1-5-8-11-21(7-3)22-12-9-13-23(16-22)27(32)19-37-29-26(18-33-37)28(34-25-15-10-14-24(31)17-25)35-30(36-29)38-20(4)6-2/h7,9-10,12-18,20,27H,5-6,8,11,19H2,1-4H3,(H,34,35,36)/b21-7-. The van der Waals surface area contributed by atoms with Crippen molar-refractivity contribution < 1.29 is 0 Å². The summed E-state index contributed by atoms with van der Waals surface area (Å²) in [6.07, 6.45) is 8.46. The molecule has 0 aliphatic rings. The summed E-state index contributed by atoms with van der Waals surface area (Å²) in [4.78, 5) is 9.74. The second kappa shape index (κ2) is 13.5. The lowest BCUT2D eigenvalue weighted by atomic mass is 9.97. The van der Waals surface area contributed by atoms with E-state index in [1.54, 1.807) is 11.8 Å². The van der Waals surface area contributed by atoms with Gasteiger partial charge in [-0.1, -0.05) is 80.9 Å². The first-order chi connectivity index (χ1) is 18.4. The minimum absolute atomic E-state index is 0.257. The third kappa shape index (κ3) is 7.10. The van der Waals surface area contributed by atoms with Crippen LogP contribution >= 0.6 is 35.0 Å². The lowest BCUT2D eigenvalue weighted by Gasteiger charge is -2.15. The number of allylic oxidation sites excluding steroid dienone is 2. The van der Waals surface area contributed by atoms with E-state index in [1.807, 2.05) is 35.1 Å². The average Bonchev–Trinajstić information content (AvgIpc) is 3.32. The Labute approximate surface area is 240 Å². The highest BCUT2D eigenvalue weighted by molar-refractivity contribution is 7.99. The normalized spacial score (nSPS) is 13.6. The first-order valence-corrected chi connectivity index (χ1v) is 14.9. The number of hydrogen-bond donors (Lipinski definition) is 1. The van der Waals surface area contributed by atoms with Crippen molar-refractivity contribution in [1.82, 2.24) is 19.7 Å². The fourth-order valence-electron chi connectivity index (χ4n) is 4.20. The smallest absolute Gasteiger partial charge is 0.191 e. The molecule has 8 heteroatoms. The minimum atomic E-state index is -0.257. The Morgan fingerprint density at radius 3 is 2.68 bits per heavy atom. The first kappa shape index (κ1) is 28.5. The van der Waals surface area contributed by atoms with E-state index < -0.39 is 0 Å². The molecular weight excluding hydrogens is 533 g/mol. The van der Waals surface area contributed by atoms with Crippen LogP contribution in [0.15, 0.2) is 66.0 Å². The number of hydrogen-bond acceptors (Lipinski definition) is 5. The Bertz CT molecular complexity index is 1400. The van der Waals surface area contributed by atoms with Crippen LogP contribution in [0, 0.1) is 0 Å². The average molecular weight is 569 g/mol. The zero-order chi connectivity index (χ0) is 27.1. The first-order valence-electron chi connectivity index (χ1n) is 13.2.